The Morgan fingerprint density at radius 1 is 1.35 bits per heavy atom. The van der Waals surface area contributed by atoms with Crippen LogP contribution in [0.1, 0.15) is 56.4 Å². The van der Waals surface area contributed by atoms with Gasteiger partial charge in [-0.1, -0.05) is 13.3 Å². The van der Waals surface area contributed by atoms with Crippen molar-refractivity contribution >= 4 is 43.2 Å². The van der Waals surface area contributed by atoms with Crippen molar-refractivity contribution in [1.29, 1.82) is 0 Å². The summed E-state index contributed by atoms with van der Waals surface area (Å²) >= 11 is 9.16. The summed E-state index contributed by atoms with van der Waals surface area (Å²) < 4.78 is 2.43. The third-order valence-electron chi connectivity index (χ3n) is 5.07. The van der Waals surface area contributed by atoms with E-state index in [0.717, 1.165) is 24.3 Å². The lowest BCUT2D eigenvalue weighted by Gasteiger charge is -2.27. The van der Waals surface area contributed by atoms with E-state index in [0.29, 0.717) is 6.04 Å². The normalized spacial score (nSPS) is 30.1. The van der Waals surface area contributed by atoms with E-state index in [1.165, 1.54) is 51.7 Å². The molecular formula is C16H23Br2NS. The zero-order valence-electron chi connectivity index (χ0n) is 12.0. The molecule has 0 amide bonds. The average molecular weight is 421 g/mol. The quantitative estimate of drug-likeness (QED) is 0.582. The fourth-order valence-electron chi connectivity index (χ4n) is 4.12. The summed E-state index contributed by atoms with van der Waals surface area (Å²) in [6.45, 7) is 3.38. The number of hydrogen-bond donors (Lipinski definition) is 1. The molecule has 0 saturated heterocycles. The minimum absolute atomic E-state index is 0.548. The van der Waals surface area contributed by atoms with Crippen molar-refractivity contribution in [2.45, 2.75) is 51.5 Å². The van der Waals surface area contributed by atoms with E-state index in [1.54, 1.807) is 0 Å². The lowest BCUT2D eigenvalue weighted by molar-refractivity contribution is 0.280. The molecule has 4 atom stereocenters. The maximum Gasteiger partial charge on any atom is 0.0843 e. The van der Waals surface area contributed by atoms with Gasteiger partial charge in [0.05, 0.1) is 3.79 Å². The van der Waals surface area contributed by atoms with Gasteiger partial charge in [0.2, 0.25) is 0 Å². The highest BCUT2D eigenvalue weighted by atomic mass is 79.9. The summed E-state index contributed by atoms with van der Waals surface area (Å²) in [5.74, 6) is 3.04. The Morgan fingerprint density at radius 3 is 2.75 bits per heavy atom. The first-order valence-corrected chi connectivity index (χ1v) is 10.3. The molecule has 3 rings (SSSR count). The number of halogens is 2. The van der Waals surface area contributed by atoms with Gasteiger partial charge >= 0.3 is 0 Å². The van der Waals surface area contributed by atoms with Crippen molar-refractivity contribution in [2.24, 2.45) is 17.8 Å². The van der Waals surface area contributed by atoms with Gasteiger partial charge < -0.3 is 5.32 Å². The number of thiophene rings is 1. The summed E-state index contributed by atoms with van der Waals surface area (Å²) in [5.41, 5.74) is 0. The highest BCUT2D eigenvalue weighted by Gasteiger charge is 2.40. The van der Waals surface area contributed by atoms with Crippen LogP contribution in [0.25, 0.3) is 0 Å². The van der Waals surface area contributed by atoms with E-state index >= 15 is 0 Å². The van der Waals surface area contributed by atoms with E-state index in [1.807, 2.05) is 11.3 Å². The first kappa shape index (κ1) is 15.5. The molecule has 2 saturated carbocycles. The second-order valence-corrected chi connectivity index (χ2v) is 9.70. The molecule has 1 heterocycles. The molecule has 2 bridgehead atoms. The minimum atomic E-state index is 0.548. The van der Waals surface area contributed by atoms with Crippen molar-refractivity contribution in [1.82, 2.24) is 5.32 Å². The molecule has 4 heteroatoms. The van der Waals surface area contributed by atoms with Gasteiger partial charge in [-0.2, -0.15) is 0 Å². The molecule has 2 aliphatic rings. The van der Waals surface area contributed by atoms with Crippen molar-refractivity contribution in [3.63, 3.8) is 0 Å². The Bertz CT molecular complexity index is 440. The van der Waals surface area contributed by atoms with E-state index in [9.17, 15) is 0 Å². The van der Waals surface area contributed by atoms with Crippen LogP contribution in [0.4, 0.5) is 0 Å². The van der Waals surface area contributed by atoms with Gasteiger partial charge in [-0.25, -0.2) is 0 Å². The van der Waals surface area contributed by atoms with Crippen molar-refractivity contribution in [3.05, 3.63) is 19.2 Å². The zero-order valence-corrected chi connectivity index (χ0v) is 16.0. The second-order valence-electron chi connectivity index (χ2n) is 6.45. The van der Waals surface area contributed by atoms with Crippen LogP contribution in [-0.2, 0) is 0 Å². The highest BCUT2D eigenvalue weighted by Crippen LogP contribution is 2.51. The maximum absolute atomic E-state index is 3.78. The van der Waals surface area contributed by atoms with Gasteiger partial charge in [-0.15, -0.1) is 11.3 Å². The molecule has 0 radical (unpaired) electrons. The third-order valence-corrected chi connectivity index (χ3v) is 8.44. The topological polar surface area (TPSA) is 12.0 Å². The van der Waals surface area contributed by atoms with Gasteiger partial charge in [0, 0.05) is 15.4 Å². The molecule has 0 aromatic carbocycles. The molecule has 112 valence electrons. The minimum Gasteiger partial charge on any atom is -0.309 e. The first-order valence-electron chi connectivity index (χ1n) is 7.85. The maximum atomic E-state index is 3.78. The van der Waals surface area contributed by atoms with Crippen LogP contribution < -0.4 is 5.32 Å². The molecule has 1 aromatic heterocycles. The van der Waals surface area contributed by atoms with Crippen molar-refractivity contribution in [3.8, 4) is 0 Å². The van der Waals surface area contributed by atoms with Crippen LogP contribution in [0.5, 0.6) is 0 Å². The third kappa shape index (κ3) is 3.34. The first-order chi connectivity index (χ1) is 9.67. The fourth-order valence-corrected chi connectivity index (χ4v) is 6.30. The standard InChI is InChI=1S/C16H23Br2NS/c1-2-5-19-14(15-9-13(17)16(18)20-15)8-12-7-10-3-4-11(12)6-10/h9-12,14,19H,2-8H2,1H3. The predicted octanol–water partition coefficient (Wildman–Crippen LogP) is 6.14. The smallest absolute Gasteiger partial charge is 0.0843 e. The van der Waals surface area contributed by atoms with Crippen LogP contribution in [0, 0.1) is 17.8 Å². The lowest BCUT2D eigenvalue weighted by Crippen LogP contribution is -2.25. The van der Waals surface area contributed by atoms with Gasteiger partial charge in [-0.3, -0.25) is 0 Å². The van der Waals surface area contributed by atoms with Gasteiger partial charge in [0.25, 0.3) is 0 Å². The number of hydrogen-bond acceptors (Lipinski definition) is 2. The zero-order chi connectivity index (χ0) is 14.1. The molecule has 20 heavy (non-hydrogen) atoms. The molecule has 1 aromatic rings. The van der Waals surface area contributed by atoms with Crippen LogP contribution in [0.15, 0.2) is 14.3 Å². The molecule has 2 aliphatic carbocycles. The fraction of sp³-hybridized carbons (Fsp3) is 0.750. The van der Waals surface area contributed by atoms with E-state index in [-0.39, 0.29) is 0 Å². The van der Waals surface area contributed by atoms with Crippen molar-refractivity contribution < 1.29 is 0 Å². The Kier molecular flexibility index (Phi) is 5.28. The van der Waals surface area contributed by atoms with Crippen LogP contribution in [0.3, 0.4) is 0 Å². The van der Waals surface area contributed by atoms with Crippen LogP contribution >= 0.6 is 43.2 Å². The summed E-state index contributed by atoms with van der Waals surface area (Å²) in [6.07, 6.45) is 8.55. The van der Waals surface area contributed by atoms with Gasteiger partial charge in [0.1, 0.15) is 0 Å². The number of fused-ring (bicyclic) bond motifs is 2. The van der Waals surface area contributed by atoms with Gasteiger partial charge in [-0.05, 0) is 94.3 Å². The molecule has 1 N–H and O–H groups in total. The van der Waals surface area contributed by atoms with Gasteiger partial charge in [0.15, 0.2) is 0 Å². The lowest BCUT2D eigenvalue weighted by atomic mass is 9.84. The summed E-state index contributed by atoms with van der Waals surface area (Å²) in [7, 11) is 0. The van der Waals surface area contributed by atoms with E-state index in [4.69, 9.17) is 0 Å². The van der Waals surface area contributed by atoms with E-state index < -0.39 is 0 Å². The molecule has 0 spiro atoms. The molecule has 4 unspecified atom stereocenters. The summed E-state index contributed by atoms with van der Waals surface area (Å²) in [6, 6.07) is 2.85. The Labute approximate surface area is 143 Å². The Morgan fingerprint density at radius 2 is 2.20 bits per heavy atom. The van der Waals surface area contributed by atoms with E-state index in [2.05, 4.69) is 50.2 Å². The number of nitrogens with one attached hydrogen (secondary N) is 1. The largest absolute Gasteiger partial charge is 0.309 e. The predicted molar refractivity (Wildman–Crippen MR) is 94.3 cm³/mol. The van der Waals surface area contributed by atoms with Crippen LogP contribution in [0.2, 0.25) is 0 Å². The molecular weight excluding hydrogens is 398 g/mol. The molecule has 1 nitrogen and oxygen atoms in total. The number of rotatable bonds is 6. The Balaban J connectivity index is 1.69. The molecule has 2 fully saturated rings. The average Bonchev–Trinajstić information content (AvgIpc) is 3.11. The summed E-state index contributed by atoms with van der Waals surface area (Å²) in [5, 5.41) is 3.78. The van der Waals surface area contributed by atoms with Crippen LogP contribution in [-0.4, -0.2) is 6.54 Å². The molecule has 0 aliphatic heterocycles. The monoisotopic (exact) mass is 419 g/mol. The Hall–Kier alpha value is 0.620. The second kappa shape index (κ2) is 6.80. The SMILES string of the molecule is CCCNC(CC1CC2CCC1C2)c1cc(Br)c(Br)s1. The highest BCUT2D eigenvalue weighted by molar-refractivity contribution is 9.13. The summed E-state index contributed by atoms with van der Waals surface area (Å²) in [4.78, 5) is 1.49. The van der Waals surface area contributed by atoms with Crippen molar-refractivity contribution in [2.75, 3.05) is 6.54 Å².